The van der Waals surface area contributed by atoms with Crippen LogP contribution >= 0.6 is 31.9 Å². The van der Waals surface area contributed by atoms with Crippen molar-refractivity contribution in [2.75, 3.05) is 13.2 Å². The number of hydrogen-bond donors (Lipinski definition) is 1. The molecule has 2 heterocycles. The number of rotatable bonds is 1. The Morgan fingerprint density at radius 2 is 2.27 bits per heavy atom. The molecule has 1 aliphatic heterocycles. The molecule has 1 aromatic rings. The van der Waals surface area contributed by atoms with Gasteiger partial charge in [-0.2, -0.15) is 0 Å². The molecule has 1 aliphatic rings. The van der Waals surface area contributed by atoms with Crippen LogP contribution in [0.15, 0.2) is 9.21 Å². The Bertz CT molecular complexity index is 271. The maximum atomic E-state index is 5.05. The standard InChI is InChI=1S/C5H5Br2N3O/c6-4-5(7)10(9-8-4)3-1-11-2-3/h3H,1-2H2/p+1. The van der Waals surface area contributed by atoms with Gasteiger partial charge in [-0.3, -0.25) is 0 Å². The van der Waals surface area contributed by atoms with Crippen LogP contribution in [0.5, 0.6) is 0 Å². The van der Waals surface area contributed by atoms with Crippen molar-refractivity contribution in [2.24, 2.45) is 0 Å². The number of halogens is 2. The summed E-state index contributed by atoms with van der Waals surface area (Å²) in [5, 5.41) is 6.84. The van der Waals surface area contributed by atoms with E-state index in [-0.39, 0.29) is 0 Å². The van der Waals surface area contributed by atoms with E-state index in [1.807, 2.05) is 4.68 Å². The first kappa shape index (κ1) is 7.70. The van der Waals surface area contributed by atoms with Crippen LogP contribution in [0.4, 0.5) is 0 Å². The molecule has 1 N–H and O–H groups in total. The third-order valence-corrected chi connectivity index (χ3v) is 3.47. The van der Waals surface area contributed by atoms with Crippen molar-refractivity contribution in [1.82, 2.24) is 10.3 Å². The molecular weight excluding hydrogens is 278 g/mol. The van der Waals surface area contributed by atoms with Gasteiger partial charge in [-0.05, 0) is 0 Å². The summed E-state index contributed by atoms with van der Waals surface area (Å²) in [6.07, 6.45) is 0. The SMILES string of the molecule is Brc1n[nH][n+](C2COC2)c1Br. The first-order chi connectivity index (χ1) is 5.29. The summed E-state index contributed by atoms with van der Waals surface area (Å²) in [6.45, 7) is 1.52. The number of H-pyrrole nitrogens is 1. The molecule has 0 amide bonds. The number of nitrogens with zero attached hydrogens (tertiary/aromatic N) is 2. The van der Waals surface area contributed by atoms with Gasteiger partial charge in [0.1, 0.15) is 0 Å². The second-order valence-corrected chi connectivity index (χ2v) is 3.86. The number of aromatic amines is 1. The summed E-state index contributed by atoms with van der Waals surface area (Å²) >= 11 is 6.68. The van der Waals surface area contributed by atoms with Crippen LogP contribution in [0.25, 0.3) is 0 Å². The molecule has 2 rings (SSSR count). The van der Waals surface area contributed by atoms with Crippen LogP contribution < -0.4 is 4.68 Å². The van der Waals surface area contributed by atoms with E-state index in [2.05, 4.69) is 42.2 Å². The van der Waals surface area contributed by atoms with Gasteiger partial charge in [0.05, 0.1) is 18.3 Å². The lowest BCUT2D eigenvalue weighted by Crippen LogP contribution is -2.52. The summed E-state index contributed by atoms with van der Waals surface area (Å²) in [4.78, 5) is 0. The highest BCUT2D eigenvalue weighted by Crippen LogP contribution is 2.18. The second kappa shape index (κ2) is 2.84. The summed E-state index contributed by atoms with van der Waals surface area (Å²) in [5.41, 5.74) is 0. The highest BCUT2D eigenvalue weighted by Gasteiger charge is 2.30. The molecule has 11 heavy (non-hydrogen) atoms. The zero-order valence-corrected chi connectivity index (χ0v) is 8.72. The maximum absolute atomic E-state index is 5.05. The molecule has 0 aliphatic carbocycles. The number of ether oxygens (including phenoxy) is 1. The molecule has 60 valence electrons. The highest BCUT2D eigenvalue weighted by atomic mass is 79.9. The summed E-state index contributed by atoms with van der Waals surface area (Å²) < 4.78 is 8.72. The first-order valence-corrected chi connectivity index (χ1v) is 4.76. The van der Waals surface area contributed by atoms with E-state index >= 15 is 0 Å². The van der Waals surface area contributed by atoms with Gasteiger partial charge >= 0.3 is 0 Å². The van der Waals surface area contributed by atoms with Crippen molar-refractivity contribution in [2.45, 2.75) is 6.04 Å². The molecule has 0 bridgehead atoms. The lowest BCUT2D eigenvalue weighted by atomic mass is 10.3. The van der Waals surface area contributed by atoms with Crippen LogP contribution in [-0.4, -0.2) is 23.5 Å². The Kier molecular flexibility index (Phi) is 1.98. The second-order valence-electron chi connectivity index (χ2n) is 2.35. The van der Waals surface area contributed by atoms with Gasteiger partial charge in [0.2, 0.25) is 0 Å². The molecule has 0 spiro atoms. The minimum absolute atomic E-state index is 0.406. The van der Waals surface area contributed by atoms with Crippen LogP contribution in [0.3, 0.4) is 0 Å². The van der Waals surface area contributed by atoms with E-state index < -0.39 is 0 Å². The fourth-order valence-electron chi connectivity index (χ4n) is 0.901. The molecule has 0 radical (unpaired) electrons. The van der Waals surface area contributed by atoms with Crippen LogP contribution in [0.2, 0.25) is 0 Å². The zero-order chi connectivity index (χ0) is 7.84. The van der Waals surface area contributed by atoms with Crippen LogP contribution in [0.1, 0.15) is 6.04 Å². The number of hydrogen-bond acceptors (Lipinski definition) is 2. The molecule has 0 saturated carbocycles. The third-order valence-electron chi connectivity index (χ3n) is 1.62. The minimum atomic E-state index is 0.406. The molecule has 0 unspecified atom stereocenters. The smallest absolute Gasteiger partial charge is 0.297 e. The molecule has 0 atom stereocenters. The molecule has 1 fully saturated rings. The molecular formula is C5H6Br2N3O+. The van der Waals surface area contributed by atoms with Gasteiger partial charge in [-0.25, -0.2) is 0 Å². The first-order valence-electron chi connectivity index (χ1n) is 3.17. The summed E-state index contributed by atoms with van der Waals surface area (Å²) in [6, 6.07) is 0.406. The Morgan fingerprint density at radius 1 is 1.55 bits per heavy atom. The Labute approximate surface area is 80.2 Å². The van der Waals surface area contributed by atoms with Crippen molar-refractivity contribution in [1.29, 1.82) is 0 Å². The summed E-state index contributed by atoms with van der Waals surface area (Å²) in [5.74, 6) is 0. The van der Waals surface area contributed by atoms with Gasteiger partial charge in [0, 0.05) is 31.9 Å². The Morgan fingerprint density at radius 3 is 2.64 bits per heavy atom. The van der Waals surface area contributed by atoms with Crippen LogP contribution in [-0.2, 0) is 4.74 Å². The number of aromatic nitrogens is 3. The Hall–Kier alpha value is 0.0600. The van der Waals surface area contributed by atoms with Gasteiger partial charge in [-0.15, -0.1) is 4.68 Å². The average Bonchev–Trinajstić information content (AvgIpc) is 2.15. The highest BCUT2D eigenvalue weighted by molar-refractivity contribution is 9.13. The normalized spacial score (nSPS) is 18.4. The van der Waals surface area contributed by atoms with E-state index in [4.69, 9.17) is 4.74 Å². The van der Waals surface area contributed by atoms with Gasteiger partial charge in [-0.1, -0.05) is 5.21 Å². The average molecular weight is 284 g/mol. The van der Waals surface area contributed by atoms with Crippen molar-refractivity contribution >= 4 is 31.9 Å². The fraction of sp³-hybridized carbons (Fsp3) is 0.600. The van der Waals surface area contributed by atoms with Crippen molar-refractivity contribution in [3.8, 4) is 0 Å². The Balaban J connectivity index is 2.29. The fourth-order valence-corrected chi connectivity index (χ4v) is 1.63. The molecule has 6 heteroatoms. The lowest BCUT2D eigenvalue weighted by molar-refractivity contribution is -0.801. The predicted octanol–water partition coefficient (Wildman–Crippen LogP) is 0.793. The molecule has 1 saturated heterocycles. The van der Waals surface area contributed by atoms with E-state index in [1.165, 1.54) is 0 Å². The van der Waals surface area contributed by atoms with Crippen molar-refractivity contribution in [3.63, 3.8) is 0 Å². The van der Waals surface area contributed by atoms with Crippen LogP contribution in [0, 0.1) is 0 Å². The van der Waals surface area contributed by atoms with Gasteiger partial charge in [0.25, 0.3) is 9.21 Å². The lowest BCUT2D eigenvalue weighted by Gasteiger charge is -2.21. The van der Waals surface area contributed by atoms with E-state index in [1.54, 1.807) is 0 Å². The van der Waals surface area contributed by atoms with E-state index in [0.717, 1.165) is 22.4 Å². The third kappa shape index (κ3) is 1.23. The van der Waals surface area contributed by atoms with Gasteiger partial charge in [0.15, 0.2) is 6.04 Å². The van der Waals surface area contributed by atoms with Crippen molar-refractivity contribution in [3.05, 3.63) is 9.21 Å². The topological polar surface area (TPSA) is 41.8 Å². The maximum Gasteiger partial charge on any atom is 0.297 e. The monoisotopic (exact) mass is 282 g/mol. The summed E-state index contributed by atoms with van der Waals surface area (Å²) in [7, 11) is 0. The predicted molar refractivity (Wildman–Crippen MR) is 44.0 cm³/mol. The van der Waals surface area contributed by atoms with Gasteiger partial charge < -0.3 is 4.74 Å². The molecule has 1 aromatic heterocycles. The quantitative estimate of drug-likeness (QED) is 0.775. The van der Waals surface area contributed by atoms with E-state index in [0.29, 0.717) is 6.04 Å². The van der Waals surface area contributed by atoms with E-state index in [9.17, 15) is 0 Å². The molecule has 0 aromatic carbocycles. The molecule has 4 nitrogen and oxygen atoms in total. The minimum Gasteiger partial charge on any atom is -0.372 e. The number of nitrogens with one attached hydrogen (secondary N) is 1. The zero-order valence-electron chi connectivity index (χ0n) is 5.55. The van der Waals surface area contributed by atoms with Crippen molar-refractivity contribution < 1.29 is 9.42 Å². The largest absolute Gasteiger partial charge is 0.372 e.